The predicted octanol–water partition coefficient (Wildman–Crippen LogP) is 3.88. The van der Waals surface area contributed by atoms with Crippen LogP contribution in [0.2, 0.25) is 0 Å². The van der Waals surface area contributed by atoms with Crippen molar-refractivity contribution in [2.75, 3.05) is 0 Å². The van der Waals surface area contributed by atoms with Crippen molar-refractivity contribution in [1.82, 2.24) is 15.1 Å². The van der Waals surface area contributed by atoms with Crippen molar-refractivity contribution in [2.24, 2.45) is 0 Å². The molecular weight excluding hydrogens is 391 g/mol. The lowest BCUT2D eigenvalue weighted by Crippen LogP contribution is -2.79. The van der Waals surface area contributed by atoms with Crippen molar-refractivity contribution < 1.29 is 32.2 Å². The highest BCUT2D eigenvalue weighted by atomic mass is 19.4. The maximum atomic E-state index is 12.3. The highest BCUT2D eigenvalue weighted by molar-refractivity contribution is 5.70. The van der Waals surface area contributed by atoms with E-state index in [1.165, 1.54) is 0 Å². The molecular formula is C19H26F3N3O4. The van der Waals surface area contributed by atoms with Gasteiger partial charge >= 0.3 is 12.5 Å². The molecule has 5 rings (SSSR count). The van der Waals surface area contributed by atoms with Crippen molar-refractivity contribution in [3.8, 4) is 5.75 Å². The lowest BCUT2D eigenvalue weighted by Gasteiger charge is -2.69. The second kappa shape index (κ2) is 6.52. The molecule has 10 heteroatoms. The van der Waals surface area contributed by atoms with Crippen LogP contribution in [-0.2, 0) is 15.0 Å². The number of nitrogens with one attached hydrogen (secondary N) is 1. The van der Waals surface area contributed by atoms with Gasteiger partial charge < -0.3 is 14.8 Å². The molecule has 4 saturated carbocycles. The third-order valence-corrected chi connectivity index (χ3v) is 5.75. The van der Waals surface area contributed by atoms with Crippen molar-refractivity contribution in [3.63, 3.8) is 0 Å². The van der Waals surface area contributed by atoms with Gasteiger partial charge in [-0.1, -0.05) is 0 Å². The maximum absolute atomic E-state index is 12.3. The molecule has 162 valence electrons. The van der Waals surface area contributed by atoms with Crippen molar-refractivity contribution in [3.05, 3.63) is 12.4 Å². The second-order valence-electron chi connectivity index (χ2n) is 9.52. The van der Waals surface area contributed by atoms with Crippen molar-refractivity contribution >= 4 is 6.09 Å². The monoisotopic (exact) mass is 417 g/mol. The molecule has 1 aromatic heterocycles. The van der Waals surface area contributed by atoms with Gasteiger partial charge in [0.1, 0.15) is 11.7 Å². The molecule has 2 bridgehead atoms. The molecule has 1 aromatic rings. The van der Waals surface area contributed by atoms with Gasteiger partial charge in [0.25, 0.3) is 0 Å². The Morgan fingerprint density at radius 2 is 1.86 bits per heavy atom. The summed E-state index contributed by atoms with van der Waals surface area (Å²) in [5, 5.41) is 7.33. The third-order valence-electron chi connectivity index (χ3n) is 5.75. The van der Waals surface area contributed by atoms with Crippen LogP contribution in [0.1, 0.15) is 59.3 Å². The third kappa shape index (κ3) is 4.31. The van der Waals surface area contributed by atoms with Crippen LogP contribution in [0.25, 0.3) is 0 Å². The molecule has 0 unspecified atom stereocenters. The van der Waals surface area contributed by atoms with E-state index in [-0.39, 0.29) is 23.6 Å². The van der Waals surface area contributed by atoms with Crippen molar-refractivity contribution in [1.29, 1.82) is 0 Å². The van der Waals surface area contributed by atoms with Crippen LogP contribution in [0.5, 0.6) is 5.75 Å². The number of carbonyl (C=O) groups excluding carboxylic acids is 1. The largest absolute Gasteiger partial charge is 0.522 e. The molecule has 2 atom stereocenters. The van der Waals surface area contributed by atoms with E-state index >= 15 is 0 Å². The van der Waals surface area contributed by atoms with E-state index in [9.17, 15) is 18.0 Å². The molecule has 0 radical (unpaired) electrons. The van der Waals surface area contributed by atoms with Gasteiger partial charge in [0, 0.05) is 6.42 Å². The molecule has 4 aliphatic rings. The number of amides is 1. The van der Waals surface area contributed by atoms with Gasteiger partial charge in [0.2, 0.25) is 0 Å². The predicted molar refractivity (Wildman–Crippen MR) is 95.3 cm³/mol. The van der Waals surface area contributed by atoms with Gasteiger partial charge in [-0.15, -0.1) is 13.2 Å². The Morgan fingerprint density at radius 3 is 2.48 bits per heavy atom. The number of aromatic nitrogens is 2. The summed E-state index contributed by atoms with van der Waals surface area (Å²) in [6.07, 6.45) is 0.534. The SMILES string of the molecule is CC(C)(C)OC(=O)NC12CC(n3cc(O[C@@H]4CC[C@H](OC(F)(F)F)C4)cn3)(C1)C2. The van der Waals surface area contributed by atoms with Gasteiger partial charge in [-0.25, -0.2) is 4.79 Å². The standard InChI is InChI=1S/C19H26F3N3O4/c1-16(2,3)29-15(26)24-17-9-18(10-17,11-17)25-8-14(7-23-25)27-12-4-5-13(6-12)28-19(20,21)22/h7-8,12-13H,4-6,9-11H2,1-3H3,(H,24,26)/t12-,13+,17?,18?/m1/s1. The summed E-state index contributed by atoms with van der Waals surface area (Å²) in [4.78, 5) is 12.0. The van der Waals surface area contributed by atoms with Crippen LogP contribution in [0, 0.1) is 0 Å². The molecule has 0 spiro atoms. The first kappa shape index (κ1) is 20.3. The molecule has 4 aliphatic carbocycles. The normalized spacial score (nSPS) is 33.6. The number of alkyl carbamates (subject to hydrolysis) is 1. The summed E-state index contributed by atoms with van der Waals surface area (Å²) >= 11 is 0. The number of hydrogen-bond donors (Lipinski definition) is 1. The Kier molecular flexibility index (Phi) is 4.56. The van der Waals surface area contributed by atoms with Gasteiger partial charge in [-0.05, 0) is 52.9 Å². The smallest absolute Gasteiger partial charge is 0.487 e. The molecule has 1 N–H and O–H groups in total. The minimum absolute atomic E-state index is 0.131. The number of carbonyl (C=O) groups is 1. The Labute approximate surface area is 166 Å². The highest BCUT2D eigenvalue weighted by Gasteiger charge is 2.70. The van der Waals surface area contributed by atoms with Crippen LogP contribution < -0.4 is 10.1 Å². The fourth-order valence-electron chi connectivity index (χ4n) is 4.75. The number of alkyl halides is 3. The first-order valence-corrected chi connectivity index (χ1v) is 9.83. The molecule has 4 fully saturated rings. The topological polar surface area (TPSA) is 74.6 Å². The number of rotatable bonds is 5. The second-order valence-corrected chi connectivity index (χ2v) is 9.52. The molecule has 29 heavy (non-hydrogen) atoms. The van der Waals surface area contributed by atoms with Gasteiger partial charge in [-0.2, -0.15) is 5.10 Å². The summed E-state index contributed by atoms with van der Waals surface area (Å²) in [5.74, 6) is 0.543. The number of hydrogen-bond acceptors (Lipinski definition) is 5. The molecule has 1 heterocycles. The van der Waals surface area contributed by atoms with Gasteiger partial charge in [0.15, 0.2) is 5.75 Å². The zero-order chi connectivity index (χ0) is 21.1. The molecule has 7 nitrogen and oxygen atoms in total. The zero-order valence-electron chi connectivity index (χ0n) is 16.7. The van der Waals surface area contributed by atoms with Crippen LogP contribution in [0.4, 0.5) is 18.0 Å². The van der Waals surface area contributed by atoms with E-state index in [1.54, 1.807) is 12.4 Å². The highest BCUT2D eigenvalue weighted by Crippen LogP contribution is 2.65. The van der Waals surface area contributed by atoms with Gasteiger partial charge in [-0.3, -0.25) is 9.42 Å². The molecule has 0 saturated heterocycles. The van der Waals surface area contributed by atoms with Crippen LogP contribution >= 0.6 is 0 Å². The van der Waals surface area contributed by atoms with E-state index in [4.69, 9.17) is 9.47 Å². The Morgan fingerprint density at radius 1 is 1.21 bits per heavy atom. The Balaban J connectivity index is 1.26. The Hall–Kier alpha value is -1.97. The lowest BCUT2D eigenvalue weighted by molar-refractivity contribution is -0.341. The summed E-state index contributed by atoms with van der Waals surface area (Å²) in [6, 6.07) is 0. The average Bonchev–Trinajstić information content (AvgIpc) is 3.08. The number of nitrogens with zero attached hydrogens (tertiary/aromatic N) is 2. The number of halogens is 3. The summed E-state index contributed by atoms with van der Waals surface area (Å²) in [7, 11) is 0. The summed E-state index contributed by atoms with van der Waals surface area (Å²) < 4.78 is 54.0. The summed E-state index contributed by atoms with van der Waals surface area (Å²) in [6.45, 7) is 5.47. The fraction of sp³-hybridized carbons (Fsp3) is 0.789. The van der Waals surface area contributed by atoms with E-state index in [0.717, 1.165) is 19.3 Å². The minimum Gasteiger partial charge on any atom is -0.487 e. The van der Waals surface area contributed by atoms with E-state index in [2.05, 4.69) is 15.2 Å². The lowest BCUT2D eigenvalue weighted by atomic mass is 9.44. The van der Waals surface area contributed by atoms with Gasteiger partial charge in [0.05, 0.1) is 29.6 Å². The van der Waals surface area contributed by atoms with E-state index in [1.807, 2.05) is 25.5 Å². The van der Waals surface area contributed by atoms with Crippen molar-refractivity contribution in [2.45, 2.75) is 94.5 Å². The van der Waals surface area contributed by atoms with E-state index < -0.39 is 24.2 Å². The molecule has 1 amide bonds. The van der Waals surface area contributed by atoms with Crippen LogP contribution in [0.3, 0.4) is 0 Å². The average molecular weight is 417 g/mol. The Bertz CT molecular complexity index is 767. The fourth-order valence-corrected chi connectivity index (χ4v) is 4.75. The first-order chi connectivity index (χ1) is 13.4. The first-order valence-electron chi connectivity index (χ1n) is 9.83. The van der Waals surface area contributed by atoms with E-state index in [0.29, 0.717) is 18.6 Å². The number of ether oxygens (including phenoxy) is 3. The quantitative estimate of drug-likeness (QED) is 0.787. The molecule has 0 aliphatic heterocycles. The summed E-state index contributed by atoms with van der Waals surface area (Å²) in [5.41, 5.74) is -0.902. The van der Waals surface area contributed by atoms with Crippen LogP contribution in [0.15, 0.2) is 12.4 Å². The molecule has 0 aromatic carbocycles. The minimum atomic E-state index is -4.61. The van der Waals surface area contributed by atoms with Crippen LogP contribution in [-0.4, -0.2) is 45.6 Å². The maximum Gasteiger partial charge on any atom is 0.522 e. The zero-order valence-corrected chi connectivity index (χ0v) is 16.7.